The topological polar surface area (TPSA) is 55.2 Å². The second kappa shape index (κ2) is 7.90. The number of nitro groups is 1. The van der Waals surface area contributed by atoms with E-state index in [-0.39, 0.29) is 29.1 Å². The van der Waals surface area contributed by atoms with Gasteiger partial charge < -0.3 is 5.32 Å². The maximum absolute atomic E-state index is 10.7. The molecule has 3 rings (SSSR count). The van der Waals surface area contributed by atoms with Gasteiger partial charge >= 0.3 is 0 Å². The molecule has 0 spiro atoms. The van der Waals surface area contributed by atoms with Gasteiger partial charge in [-0.3, -0.25) is 10.1 Å². The van der Waals surface area contributed by atoms with E-state index in [2.05, 4.69) is 48.6 Å². The molecule has 0 fully saturated rings. The number of nitrogens with zero attached hydrogens (tertiary/aromatic N) is 1. The van der Waals surface area contributed by atoms with Gasteiger partial charge in [-0.05, 0) is 28.8 Å². The van der Waals surface area contributed by atoms with Crippen LogP contribution < -0.4 is 5.32 Å². The van der Waals surface area contributed by atoms with Crippen molar-refractivity contribution in [3.05, 3.63) is 88.0 Å². The minimum absolute atomic E-state index is 0. The van der Waals surface area contributed by atoms with Gasteiger partial charge in [-0.2, -0.15) is 0 Å². The summed E-state index contributed by atoms with van der Waals surface area (Å²) in [6.45, 7) is 2.80. The monoisotopic (exact) mass is 342 g/mol. The first-order valence-electron chi connectivity index (χ1n) is 7.59. The van der Waals surface area contributed by atoms with Gasteiger partial charge in [0.25, 0.3) is 5.69 Å². The fourth-order valence-corrected chi connectivity index (χ4v) is 2.74. The Morgan fingerprint density at radius 3 is 2.38 bits per heavy atom. The van der Waals surface area contributed by atoms with Crippen LogP contribution in [0.15, 0.2) is 66.7 Å². The van der Waals surface area contributed by atoms with Gasteiger partial charge in [0, 0.05) is 24.7 Å². The number of nitro benzene ring substituents is 1. The van der Waals surface area contributed by atoms with Crippen LogP contribution in [0, 0.1) is 10.1 Å². The molecule has 5 heteroatoms. The Kier molecular flexibility index (Phi) is 5.90. The Balaban J connectivity index is 0.00000208. The third-order valence-corrected chi connectivity index (χ3v) is 4.05. The zero-order valence-electron chi connectivity index (χ0n) is 13.3. The number of hydrogen-bond acceptors (Lipinski definition) is 3. The minimum atomic E-state index is -0.379. The highest BCUT2D eigenvalue weighted by atomic mass is 35.5. The van der Waals surface area contributed by atoms with Gasteiger partial charge in [0.05, 0.1) is 4.92 Å². The summed E-state index contributed by atoms with van der Waals surface area (Å²) in [5, 5.41) is 16.6. The SMILES string of the molecule is CC(NCc1ccc([N+](=O)[O-])cc1)c1cccc2ccccc12.Cl. The number of non-ortho nitro benzene ring substituents is 1. The molecule has 0 amide bonds. The van der Waals surface area contributed by atoms with Crippen LogP contribution in [-0.4, -0.2) is 4.92 Å². The van der Waals surface area contributed by atoms with Crippen LogP contribution in [0.3, 0.4) is 0 Å². The highest BCUT2D eigenvalue weighted by Gasteiger charge is 2.09. The third kappa shape index (κ3) is 3.91. The average molecular weight is 343 g/mol. The normalized spacial score (nSPS) is 11.7. The molecular weight excluding hydrogens is 324 g/mol. The van der Waals surface area contributed by atoms with E-state index in [1.165, 1.54) is 16.3 Å². The van der Waals surface area contributed by atoms with E-state index in [1.54, 1.807) is 24.3 Å². The van der Waals surface area contributed by atoms with Crippen molar-refractivity contribution in [2.75, 3.05) is 0 Å². The van der Waals surface area contributed by atoms with Crippen LogP contribution in [0.4, 0.5) is 5.69 Å². The first-order valence-corrected chi connectivity index (χ1v) is 7.59. The highest BCUT2D eigenvalue weighted by molar-refractivity contribution is 5.86. The Hall–Kier alpha value is -2.43. The second-order valence-corrected chi connectivity index (χ2v) is 5.59. The molecule has 0 bridgehead atoms. The van der Waals surface area contributed by atoms with Crippen molar-refractivity contribution >= 4 is 28.9 Å². The molecule has 1 N–H and O–H groups in total. The molecular formula is C19H19ClN2O2. The first kappa shape index (κ1) is 17.9. The number of hydrogen-bond donors (Lipinski definition) is 1. The van der Waals surface area contributed by atoms with Gasteiger partial charge in [0.1, 0.15) is 0 Å². The molecule has 4 nitrogen and oxygen atoms in total. The number of fused-ring (bicyclic) bond motifs is 1. The number of benzene rings is 3. The van der Waals surface area contributed by atoms with Crippen molar-refractivity contribution in [3.63, 3.8) is 0 Å². The summed E-state index contributed by atoms with van der Waals surface area (Å²) in [5.74, 6) is 0. The molecule has 0 saturated carbocycles. The molecule has 24 heavy (non-hydrogen) atoms. The van der Waals surface area contributed by atoms with E-state index in [9.17, 15) is 10.1 Å². The summed E-state index contributed by atoms with van der Waals surface area (Å²) >= 11 is 0. The number of rotatable bonds is 5. The fourth-order valence-electron chi connectivity index (χ4n) is 2.74. The van der Waals surface area contributed by atoms with Gasteiger partial charge in [-0.1, -0.05) is 54.6 Å². The van der Waals surface area contributed by atoms with Crippen molar-refractivity contribution in [1.82, 2.24) is 5.32 Å². The molecule has 0 aliphatic rings. The van der Waals surface area contributed by atoms with Crippen LogP contribution in [0.5, 0.6) is 0 Å². The van der Waals surface area contributed by atoms with E-state index in [0.717, 1.165) is 5.56 Å². The lowest BCUT2D eigenvalue weighted by atomic mass is 9.99. The molecule has 3 aromatic carbocycles. The van der Waals surface area contributed by atoms with Crippen LogP contribution in [0.2, 0.25) is 0 Å². The fraction of sp³-hybridized carbons (Fsp3) is 0.158. The molecule has 0 radical (unpaired) electrons. The van der Waals surface area contributed by atoms with E-state index < -0.39 is 0 Å². The standard InChI is InChI=1S/C19H18N2O2.ClH/c1-14(18-8-4-6-16-5-2-3-7-19(16)18)20-13-15-9-11-17(12-10-15)21(22)23;/h2-12,14,20H,13H2,1H3;1H. The molecule has 1 atom stereocenters. The van der Waals surface area contributed by atoms with Crippen molar-refractivity contribution in [2.24, 2.45) is 0 Å². The summed E-state index contributed by atoms with van der Waals surface area (Å²) in [6, 6.07) is 21.5. The summed E-state index contributed by atoms with van der Waals surface area (Å²) in [4.78, 5) is 10.3. The molecule has 0 aromatic heterocycles. The molecule has 0 aliphatic heterocycles. The van der Waals surface area contributed by atoms with Crippen LogP contribution >= 0.6 is 12.4 Å². The van der Waals surface area contributed by atoms with E-state index in [4.69, 9.17) is 0 Å². The quantitative estimate of drug-likeness (QED) is 0.523. The Morgan fingerprint density at radius 2 is 1.67 bits per heavy atom. The summed E-state index contributed by atoms with van der Waals surface area (Å²) in [7, 11) is 0. The van der Waals surface area contributed by atoms with Crippen LogP contribution in [0.1, 0.15) is 24.1 Å². The molecule has 124 valence electrons. The lowest BCUT2D eigenvalue weighted by Crippen LogP contribution is -2.18. The largest absolute Gasteiger partial charge is 0.306 e. The van der Waals surface area contributed by atoms with Crippen LogP contribution in [0.25, 0.3) is 10.8 Å². The number of nitrogens with one attached hydrogen (secondary N) is 1. The Labute approximate surface area is 147 Å². The molecule has 0 aliphatic carbocycles. The third-order valence-electron chi connectivity index (χ3n) is 4.05. The molecule has 3 aromatic rings. The lowest BCUT2D eigenvalue weighted by molar-refractivity contribution is -0.384. The zero-order chi connectivity index (χ0) is 16.2. The predicted molar refractivity (Wildman–Crippen MR) is 99.5 cm³/mol. The first-order chi connectivity index (χ1) is 11.1. The maximum Gasteiger partial charge on any atom is 0.269 e. The Morgan fingerprint density at radius 1 is 1.00 bits per heavy atom. The van der Waals surface area contributed by atoms with Gasteiger partial charge in [0.15, 0.2) is 0 Å². The smallest absolute Gasteiger partial charge is 0.269 e. The summed E-state index contributed by atoms with van der Waals surface area (Å²) in [6.07, 6.45) is 0. The second-order valence-electron chi connectivity index (χ2n) is 5.59. The maximum atomic E-state index is 10.7. The molecule has 0 saturated heterocycles. The van der Waals surface area contributed by atoms with Crippen LogP contribution in [-0.2, 0) is 6.54 Å². The van der Waals surface area contributed by atoms with Crippen molar-refractivity contribution in [3.8, 4) is 0 Å². The van der Waals surface area contributed by atoms with Gasteiger partial charge in [-0.15, -0.1) is 12.4 Å². The van der Waals surface area contributed by atoms with Gasteiger partial charge in [-0.25, -0.2) is 0 Å². The summed E-state index contributed by atoms with van der Waals surface area (Å²) < 4.78 is 0. The van der Waals surface area contributed by atoms with Gasteiger partial charge in [0.2, 0.25) is 0 Å². The van der Waals surface area contributed by atoms with Crippen molar-refractivity contribution in [2.45, 2.75) is 19.5 Å². The van der Waals surface area contributed by atoms with Crippen molar-refractivity contribution in [1.29, 1.82) is 0 Å². The molecule has 1 unspecified atom stereocenters. The number of halogens is 1. The van der Waals surface area contributed by atoms with Crippen molar-refractivity contribution < 1.29 is 4.92 Å². The minimum Gasteiger partial charge on any atom is -0.306 e. The highest BCUT2D eigenvalue weighted by Crippen LogP contribution is 2.24. The van der Waals surface area contributed by atoms with E-state index in [1.807, 2.05) is 6.07 Å². The zero-order valence-corrected chi connectivity index (χ0v) is 14.1. The predicted octanol–water partition coefficient (Wildman–Crippen LogP) is 5.02. The summed E-state index contributed by atoms with van der Waals surface area (Å²) in [5.41, 5.74) is 2.41. The Bertz CT molecular complexity index is 829. The van der Waals surface area contributed by atoms with E-state index in [0.29, 0.717) is 6.54 Å². The van der Waals surface area contributed by atoms with E-state index >= 15 is 0 Å². The lowest BCUT2D eigenvalue weighted by Gasteiger charge is -2.16. The molecule has 0 heterocycles. The average Bonchev–Trinajstić information content (AvgIpc) is 2.59.